The zero-order valence-corrected chi connectivity index (χ0v) is 13.5. The van der Waals surface area contributed by atoms with Gasteiger partial charge in [-0.25, -0.2) is 0 Å². The maximum absolute atomic E-state index is 2.43. The van der Waals surface area contributed by atoms with E-state index in [2.05, 4.69) is 77.9 Å². The highest BCUT2D eigenvalue weighted by Gasteiger charge is 2.36. The topological polar surface area (TPSA) is 0 Å². The molecule has 0 amide bonds. The molecule has 0 aliphatic heterocycles. The molecule has 3 rings (SSSR count). The average molecular weight is 264 g/mol. The molecular formula is C20H24. The molecule has 0 spiro atoms. The summed E-state index contributed by atoms with van der Waals surface area (Å²) in [6, 6.07) is 13.7. The number of benzene rings is 2. The summed E-state index contributed by atoms with van der Waals surface area (Å²) < 4.78 is 0. The maximum Gasteiger partial charge on any atom is 0.0159 e. The van der Waals surface area contributed by atoms with Gasteiger partial charge in [0.05, 0.1) is 0 Å². The Balaban J connectivity index is 2.35. The lowest BCUT2D eigenvalue weighted by Crippen LogP contribution is -2.18. The predicted octanol–water partition coefficient (Wildman–Crippen LogP) is 5.60. The van der Waals surface area contributed by atoms with Crippen LogP contribution in [0.15, 0.2) is 36.4 Å². The summed E-state index contributed by atoms with van der Waals surface area (Å²) in [6.45, 7) is 13.8. The molecule has 0 N–H and O–H groups in total. The molecule has 20 heavy (non-hydrogen) atoms. The lowest BCUT2D eigenvalue weighted by Gasteiger charge is -2.26. The summed E-state index contributed by atoms with van der Waals surface area (Å²) in [5.41, 5.74) is 8.99. The lowest BCUT2D eigenvalue weighted by molar-refractivity contribution is 0.584. The zero-order valence-electron chi connectivity index (χ0n) is 13.5. The molecule has 0 aromatic heterocycles. The maximum atomic E-state index is 2.43. The molecule has 0 bridgehead atoms. The minimum atomic E-state index is 0.109. The Morgan fingerprint density at radius 1 is 0.900 bits per heavy atom. The Hall–Kier alpha value is -1.56. The normalized spacial score (nSPS) is 15.9. The van der Waals surface area contributed by atoms with Gasteiger partial charge in [-0.05, 0) is 45.7 Å². The smallest absolute Gasteiger partial charge is 0.0159 e. The molecule has 0 atom stereocenters. The monoisotopic (exact) mass is 264 g/mol. The van der Waals surface area contributed by atoms with E-state index >= 15 is 0 Å². The van der Waals surface area contributed by atoms with Gasteiger partial charge in [0.25, 0.3) is 0 Å². The molecule has 0 heteroatoms. The summed E-state index contributed by atoms with van der Waals surface area (Å²) in [4.78, 5) is 0. The quantitative estimate of drug-likeness (QED) is 0.581. The van der Waals surface area contributed by atoms with Crippen LogP contribution in [-0.4, -0.2) is 0 Å². The molecule has 1 aliphatic rings. The van der Waals surface area contributed by atoms with Crippen LogP contribution in [0.4, 0.5) is 0 Å². The van der Waals surface area contributed by atoms with E-state index in [0.29, 0.717) is 0 Å². The number of fused-ring (bicyclic) bond motifs is 3. The molecular weight excluding hydrogens is 240 g/mol. The van der Waals surface area contributed by atoms with Crippen molar-refractivity contribution in [2.45, 2.75) is 52.4 Å². The molecule has 104 valence electrons. The van der Waals surface area contributed by atoms with Gasteiger partial charge < -0.3 is 0 Å². The minimum Gasteiger partial charge on any atom is -0.0619 e. The Labute approximate surface area is 122 Å². The Morgan fingerprint density at radius 3 is 2.20 bits per heavy atom. The van der Waals surface area contributed by atoms with Gasteiger partial charge >= 0.3 is 0 Å². The van der Waals surface area contributed by atoms with Crippen LogP contribution < -0.4 is 0 Å². The van der Waals surface area contributed by atoms with Crippen molar-refractivity contribution in [2.24, 2.45) is 0 Å². The van der Waals surface area contributed by atoms with Crippen molar-refractivity contribution in [3.8, 4) is 11.1 Å². The summed E-state index contributed by atoms with van der Waals surface area (Å²) in [5.74, 6) is 0. The Kier molecular flexibility index (Phi) is 2.67. The first-order chi connectivity index (χ1) is 9.23. The van der Waals surface area contributed by atoms with Crippen LogP contribution in [0.25, 0.3) is 11.1 Å². The van der Waals surface area contributed by atoms with Gasteiger partial charge in [0.1, 0.15) is 0 Å². The predicted molar refractivity (Wildman–Crippen MR) is 87.4 cm³/mol. The van der Waals surface area contributed by atoms with Crippen molar-refractivity contribution >= 4 is 0 Å². The third-order valence-electron chi connectivity index (χ3n) is 4.74. The fourth-order valence-electron chi connectivity index (χ4n) is 3.46. The van der Waals surface area contributed by atoms with E-state index in [-0.39, 0.29) is 10.8 Å². The minimum absolute atomic E-state index is 0.109. The summed E-state index contributed by atoms with van der Waals surface area (Å²) in [7, 11) is 0. The van der Waals surface area contributed by atoms with E-state index in [9.17, 15) is 0 Å². The van der Waals surface area contributed by atoms with E-state index < -0.39 is 0 Å². The van der Waals surface area contributed by atoms with Gasteiger partial charge in [0.15, 0.2) is 0 Å². The van der Waals surface area contributed by atoms with Crippen molar-refractivity contribution in [2.75, 3.05) is 0 Å². The molecule has 0 nitrogen and oxygen atoms in total. The lowest BCUT2D eigenvalue weighted by atomic mass is 9.78. The van der Waals surface area contributed by atoms with Gasteiger partial charge in [-0.2, -0.15) is 0 Å². The average Bonchev–Trinajstić information content (AvgIpc) is 2.59. The fraction of sp³-hybridized carbons (Fsp3) is 0.400. The second-order valence-corrected chi connectivity index (χ2v) is 7.64. The van der Waals surface area contributed by atoms with Gasteiger partial charge in [0, 0.05) is 5.41 Å². The molecule has 0 radical (unpaired) electrons. The second-order valence-electron chi connectivity index (χ2n) is 7.64. The second kappa shape index (κ2) is 3.97. The van der Waals surface area contributed by atoms with E-state index in [1.165, 1.54) is 33.4 Å². The highest BCUT2D eigenvalue weighted by molar-refractivity contribution is 5.83. The summed E-state index contributed by atoms with van der Waals surface area (Å²) >= 11 is 0. The summed E-state index contributed by atoms with van der Waals surface area (Å²) in [5, 5.41) is 0. The first-order valence-electron chi connectivity index (χ1n) is 7.48. The number of hydrogen-bond donors (Lipinski definition) is 0. The number of hydrogen-bond acceptors (Lipinski definition) is 0. The molecule has 0 unspecified atom stereocenters. The first-order valence-corrected chi connectivity index (χ1v) is 7.48. The van der Waals surface area contributed by atoms with Crippen LogP contribution in [0.3, 0.4) is 0 Å². The first kappa shape index (κ1) is 13.4. The molecule has 0 saturated heterocycles. The van der Waals surface area contributed by atoms with Crippen LogP contribution in [-0.2, 0) is 10.8 Å². The van der Waals surface area contributed by atoms with Crippen molar-refractivity contribution in [1.82, 2.24) is 0 Å². The largest absolute Gasteiger partial charge is 0.0619 e. The van der Waals surface area contributed by atoms with Gasteiger partial charge in [-0.1, -0.05) is 71.0 Å². The van der Waals surface area contributed by atoms with Crippen LogP contribution in [0.2, 0.25) is 0 Å². The van der Waals surface area contributed by atoms with E-state index in [1.54, 1.807) is 0 Å². The van der Waals surface area contributed by atoms with Gasteiger partial charge in [0.2, 0.25) is 0 Å². The summed E-state index contributed by atoms with van der Waals surface area (Å²) in [6.07, 6.45) is 0. The molecule has 0 fully saturated rings. The number of rotatable bonds is 0. The fourth-order valence-corrected chi connectivity index (χ4v) is 3.46. The zero-order chi connectivity index (χ0) is 14.7. The molecule has 2 aromatic carbocycles. The molecule has 0 heterocycles. The highest BCUT2D eigenvalue weighted by atomic mass is 14.4. The molecule has 2 aromatic rings. The highest BCUT2D eigenvalue weighted by Crippen LogP contribution is 2.50. The number of aryl methyl sites for hydroxylation is 1. The van der Waals surface area contributed by atoms with E-state index in [1.807, 2.05) is 0 Å². The van der Waals surface area contributed by atoms with Crippen molar-refractivity contribution in [3.05, 3.63) is 58.7 Å². The van der Waals surface area contributed by atoms with Gasteiger partial charge in [-0.15, -0.1) is 0 Å². The van der Waals surface area contributed by atoms with Crippen molar-refractivity contribution in [3.63, 3.8) is 0 Å². The molecule has 0 saturated carbocycles. The Morgan fingerprint density at radius 2 is 1.55 bits per heavy atom. The van der Waals surface area contributed by atoms with E-state index in [0.717, 1.165) is 0 Å². The standard InChI is InChI=1S/C20H24/c1-13-11-14(19(2,3)4)12-17-18(13)15-9-7-8-10-16(15)20(17,5)6/h7-12H,1-6H3. The van der Waals surface area contributed by atoms with Crippen LogP contribution in [0, 0.1) is 6.92 Å². The third-order valence-corrected chi connectivity index (χ3v) is 4.74. The SMILES string of the molecule is Cc1cc(C(C)(C)C)cc2c1-c1ccccc1C2(C)C. The third kappa shape index (κ3) is 1.74. The van der Waals surface area contributed by atoms with Crippen molar-refractivity contribution in [1.29, 1.82) is 0 Å². The van der Waals surface area contributed by atoms with Crippen LogP contribution in [0.5, 0.6) is 0 Å². The Bertz CT molecular complexity index is 682. The van der Waals surface area contributed by atoms with Gasteiger partial charge in [-0.3, -0.25) is 0 Å². The van der Waals surface area contributed by atoms with Crippen molar-refractivity contribution < 1.29 is 0 Å². The van der Waals surface area contributed by atoms with Crippen LogP contribution in [0.1, 0.15) is 56.9 Å². The molecule has 1 aliphatic carbocycles. The van der Waals surface area contributed by atoms with Crippen LogP contribution >= 0.6 is 0 Å². The van der Waals surface area contributed by atoms with E-state index in [4.69, 9.17) is 0 Å².